The number of nitrogens with zero attached hydrogens (tertiary/aromatic N) is 3. The Hall–Kier alpha value is -2.57. The number of aromatic nitrogens is 2. The van der Waals surface area contributed by atoms with Crippen molar-refractivity contribution in [1.82, 2.24) is 14.9 Å². The zero-order valence-electron chi connectivity index (χ0n) is 12.3. The first-order valence-corrected chi connectivity index (χ1v) is 7.11. The van der Waals surface area contributed by atoms with Gasteiger partial charge in [-0.25, -0.2) is 4.98 Å². The maximum atomic E-state index is 12.3. The fourth-order valence-corrected chi connectivity index (χ4v) is 2.45. The highest BCUT2D eigenvalue weighted by molar-refractivity contribution is 5.93. The second-order valence-electron chi connectivity index (χ2n) is 5.03. The van der Waals surface area contributed by atoms with Gasteiger partial charge in [0.25, 0.3) is 5.91 Å². The first-order valence-electron chi connectivity index (χ1n) is 7.11. The zero-order chi connectivity index (χ0) is 15.4. The number of hydrogen-bond acceptors (Lipinski definition) is 6. The number of carbonyl (C=O) groups excluding carboxylic acids is 1. The fraction of sp³-hybridized carbons (Fsp3) is 0.400. The van der Waals surface area contributed by atoms with Gasteiger partial charge in [-0.15, -0.1) is 0 Å². The summed E-state index contributed by atoms with van der Waals surface area (Å²) in [5.41, 5.74) is 0.560. The maximum Gasteiger partial charge on any atom is 0.319 e. The maximum absolute atomic E-state index is 12.3. The number of ether oxygens (including phenoxy) is 2. The summed E-state index contributed by atoms with van der Waals surface area (Å²) in [7, 11) is 1.50. The van der Waals surface area contributed by atoms with E-state index in [2.05, 4.69) is 9.97 Å². The van der Waals surface area contributed by atoms with Crippen LogP contribution in [-0.2, 0) is 0 Å². The number of amides is 1. The molecule has 0 saturated carbocycles. The summed E-state index contributed by atoms with van der Waals surface area (Å²) in [5.74, 6) is 0.414. The lowest BCUT2D eigenvalue weighted by Crippen LogP contribution is -2.44. The molecule has 0 aromatic carbocycles. The molecule has 3 rings (SSSR count). The van der Waals surface area contributed by atoms with Crippen LogP contribution < -0.4 is 9.47 Å². The Morgan fingerprint density at radius 1 is 1.45 bits per heavy atom. The summed E-state index contributed by atoms with van der Waals surface area (Å²) in [6, 6.07) is 3.61. The second kappa shape index (κ2) is 6.46. The molecule has 1 aliphatic rings. The highest BCUT2D eigenvalue weighted by atomic mass is 16.5. The van der Waals surface area contributed by atoms with Gasteiger partial charge < -0.3 is 18.8 Å². The van der Waals surface area contributed by atoms with E-state index in [1.165, 1.54) is 19.6 Å². The van der Waals surface area contributed by atoms with Crippen molar-refractivity contribution in [1.29, 1.82) is 0 Å². The summed E-state index contributed by atoms with van der Waals surface area (Å²) in [4.78, 5) is 22.2. The van der Waals surface area contributed by atoms with Crippen molar-refractivity contribution in [2.24, 2.45) is 0 Å². The van der Waals surface area contributed by atoms with Crippen molar-refractivity contribution in [3.63, 3.8) is 0 Å². The largest absolute Gasteiger partial charge is 0.472 e. The Kier molecular flexibility index (Phi) is 4.22. The van der Waals surface area contributed by atoms with E-state index in [9.17, 15) is 4.79 Å². The van der Waals surface area contributed by atoms with Gasteiger partial charge in [0.1, 0.15) is 12.4 Å². The molecule has 1 saturated heterocycles. The Balaban J connectivity index is 1.64. The molecule has 0 aliphatic carbocycles. The molecule has 7 nitrogen and oxygen atoms in total. The van der Waals surface area contributed by atoms with Crippen LogP contribution in [0.5, 0.6) is 11.9 Å². The molecule has 0 bridgehead atoms. The predicted octanol–water partition coefficient (Wildman–Crippen LogP) is 1.76. The van der Waals surface area contributed by atoms with Gasteiger partial charge >= 0.3 is 6.01 Å². The number of carbonyl (C=O) groups is 1. The van der Waals surface area contributed by atoms with Gasteiger partial charge in [-0.3, -0.25) is 4.79 Å². The first-order chi connectivity index (χ1) is 10.8. The molecule has 116 valence electrons. The van der Waals surface area contributed by atoms with Crippen molar-refractivity contribution < 1.29 is 18.7 Å². The molecule has 7 heteroatoms. The Bertz CT molecular complexity index is 629. The van der Waals surface area contributed by atoms with Crippen molar-refractivity contribution in [3.05, 3.63) is 36.4 Å². The lowest BCUT2D eigenvalue weighted by molar-refractivity contribution is 0.0525. The molecule has 0 spiro atoms. The van der Waals surface area contributed by atoms with Crippen LogP contribution in [0.4, 0.5) is 0 Å². The average molecular weight is 303 g/mol. The molecule has 1 unspecified atom stereocenters. The standard InChI is InChI=1S/C15H17N3O4/c1-20-15-16-6-4-13(17-15)22-12-3-2-7-18(9-12)14(19)11-5-8-21-10-11/h4-6,8,10,12H,2-3,7,9H2,1H3. The van der Waals surface area contributed by atoms with Gasteiger partial charge in [0.2, 0.25) is 5.88 Å². The van der Waals surface area contributed by atoms with Crippen LogP contribution in [0.1, 0.15) is 23.2 Å². The molecular weight excluding hydrogens is 286 g/mol. The van der Waals surface area contributed by atoms with Crippen LogP contribution in [0, 0.1) is 0 Å². The zero-order valence-corrected chi connectivity index (χ0v) is 12.3. The normalized spacial score (nSPS) is 18.0. The number of piperidine rings is 1. The smallest absolute Gasteiger partial charge is 0.319 e. The van der Waals surface area contributed by atoms with E-state index >= 15 is 0 Å². The van der Waals surface area contributed by atoms with Crippen molar-refractivity contribution >= 4 is 5.91 Å². The van der Waals surface area contributed by atoms with Gasteiger partial charge in [-0.2, -0.15) is 4.98 Å². The molecule has 0 radical (unpaired) electrons. The van der Waals surface area contributed by atoms with E-state index in [-0.39, 0.29) is 18.0 Å². The first kappa shape index (κ1) is 14.4. The van der Waals surface area contributed by atoms with E-state index in [0.29, 0.717) is 18.0 Å². The Morgan fingerprint density at radius 2 is 2.36 bits per heavy atom. The second-order valence-corrected chi connectivity index (χ2v) is 5.03. The minimum absolute atomic E-state index is 0.0395. The average Bonchev–Trinajstić information content (AvgIpc) is 3.09. The van der Waals surface area contributed by atoms with Crippen LogP contribution in [-0.4, -0.2) is 47.1 Å². The lowest BCUT2D eigenvalue weighted by Gasteiger charge is -2.32. The number of furan rings is 1. The molecule has 1 fully saturated rings. The van der Waals surface area contributed by atoms with Gasteiger partial charge in [0.05, 0.1) is 25.5 Å². The molecule has 0 N–H and O–H groups in total. The van der Waals surface area contributed by atoms with Crippen LogP contribution in [0.15, 0.2) is 35.3 Å². The van der Waals surface area contributed by atoms with Gasteiger partial charge in [0.15, 0.2) is 0 Å². The summed E-state index contributed by atoms with van der Waals surface area (Å²) >= 11 is 0. The number of rotatable bonds is 4. The topological polar surface area (TPSA) is 77.7 Å². The number of likely N-dealkylation sites (tertiary alicyclic amines) is 1. The molecule has 2 aromatic rings. The molecule has 22 heavy (non-hydrogen) atoms. The van der Waals surface area contributed by atoms with E-state index in [1.54, 1.807) is 23.2 Å². The van der Waals surface area contributed by atoms with E-state index < -0.39 is 0 Å². The van der Waals surface area contributed by atoms with Crippen molar-refractivity contribution in [2.75, 3.05) is 20.2 Å². The lowest BCUT2D eigenvalue weighted by atomic mass is 10.1. The van der Waals surface area contributed by atoms with E-state index in [0.717, 1.165) is 19.4 Å². The third kappa shape index (κ3) is 3.19. The Morgan fingerprint density at radius 3 is 3.14 bits per heavy atom. The molecule has 2 aromatic heterocycles. The highest BCUT2D eigenvalue weighted by Crippen LogP contribution is 2.19. The summed E-state index contributed by atoms with van der Waals surface area (Å²) < 4.78 is 15.8. The molecule has 3 heterocycles. The third-order valence-electron chi connectivity index (χ3n) is 3.51. The number of methoxy groups -OCH3 is 1. The summed E-state index contributed by atoms with van der Waals surface area (Å²) in [6.07, 6.45) is 6.21. The van der Waals surface area contributed by atoms with Crippen LogP contribution in [0.2, 0.25) is 0 Å². The van der Waals surface area contributed by atoms with Gasteiger partial charge in [-0.05, 0) is 18.9 Å². The summed E-state index contributed by atoms with van der Waals surface area (Å²) in [5, 5.41) is 0. The van der Waals surface area contributed by atoms with Gasteiger partial charge in [0, 0.05) is 18.8 Å². The minimum Gasteiger partial charge on any atom is -0.472 e. The van der Waals surface area contributed by atoms with E-state index in [4.69, 9.17) is 13.9 Å². The van der Waals surface area contributed by atoms with E-state index in [1.807, 2.05) is 0 Å². The quantitative estimate of drug-likeness (QED) is 0.856. The monoisotopic (exact) mass is 303 g/mol. The third-order valence-corrected chi connectivity index (χ3v) is 3.51. The minimum atomic E-state index is -0.0933. The Labute approximate surface area is 127 Å². The van der Waals surface area contributed by atoms with Crippen LogP contribution in [0.25, 0.3) is 0 Å². The van der Waals surface area contributed by atoms with Crippen molar-refractivity contribution in [3.8, 4) is 11.9 Å². The highest BCUT2D eigenvalue weighted by Gasteiger charge is 2.26. The van der Waals surface area contributed by atoms with Crippen LogP contribution >= 0.6 is 0 Å². The fourth-order valence-electron chi connectivity index (χ4n) is 2.45. The molecule has 1 amide bonds. The molecule has 1 aliphatic heterocycles. The van der Waals surface area contributed by atoms with Crippen molar-refractivity contribution in [2.45, 2.75) is 18.9 Å². The van der Waals surface area contributed by atoms with Gasteiger partial charge in [-0.1, -0.05) is 0 Å². The summed E-state index contributed by atoms with van der Waals surface area (Å²) in [6.45, 7) is 1.24. The molecule has 1 atom stereocenters. The SMILES string of the molecule is COc1nccc(OC2CCCN(C(=O)c3ccoc3)C2)n1. The molecular formula is C15H17N3O4. The van der Waals surface area contributed by atoms with Crippen LogP contribution in [0.3, 0.4) is 0 Å². The number of hydrogen-bond donors (Lipinski definition) is 0. The predicted molar refractivity (Wildman–Crippen MR) is 76.8 cm³/mol.